The van der Waals surface area contributed by atoms with E-state index in [4.69, 9.17) is 0 Å². The van der Waals surface area contributed by atoms with Crippen LogP contribution in [0, 0.1) is 0 Å². The van der Waals surface area contributed by atoms with Gasteiger partial charge in [-0.1, -0.05) is 24.3 Å². The maximum absolute atomic E-state index is 4.52. The van der Waals surface area contributed by atoms with Gasteiger partial charge in [0.2, 0.25) is 0 Å². The Bertz CT molecular complexity index is 1000. The van der Waals surface area contributed by atoms with Gasteiger partial charge in [0.1, 0.15) is 6.33 Å². The van der Waals surface area contributed by atoms with Gasteiger partial charge in [0.05, 0.1) is 5.52 Å². The minimum absolute atomic E-state index is 0.941. The molecule has 0 unspecified atom stereocenters. The van der Waals surface area contributed by atoms with Gasteiger partial charge in [-0.05, 0) is 54.8 Å². The van der Waals surface area contributed by atoms with E-state index in [9.17, 15) is 0 Å². The number of hydrogen-bond acceptors (Lipinski definition) is 4. The maximum atomic E-state index is 4.52. The van der Waals surface area contributed by atoms with Crippen LogP contribution in [0.3, 0.4) is 0 Å². The molecule has 0 radical (unpaired) electrons. The Hall–Kier alpha value is -3.27. The summed E-state index contributed by atoms with van der Waals surface area (Å²) in [6.07, 6.45) is 11.2. The summed E-state index contributed by atoms with van der Waals surface area (Å²) in [5, 5.41) is 4.20. The van der Waals surface area contributed by atoms with Crippen LogP contribution in [0.5, 0.6) is 0 Å². The van der Waals surface area contributed by atoms with Crippen molar-refractivity contribution >= 4 is 28.4 Å². The number of aromatic nitrogens is 2. The molecule has 1 N–H and O–H groups in total. The predicted octanol–water partition coefficient (Wildman–Crippen LogP) is 5.35. The van der Waals surface area contributed by atoms with E-state index in [1.54, 1.807) is 12.5 Å². The Morgan fingerprint density at radius 2 is 2.04 bits per heavy atom. The van der Waals surface area contributed by atoms with Gasteiger partial charge in [-0.15, -0.1) is 0 Å². The topological polar surface area (TPSA) is 50.2 Å². The van der Waals surface area contributed by atoms with Crippen LogP contribution < -0.4 is 5.32 Å². The van der Waals surface area contributed by atoms with Gasteiger partial charge in [-0.3, -0.25) is 4.99 Å². The van der Waals surface area contributed by atoms with Crippen LogP contribution in [0.15, 0.2) is 72.3 Å². The largest absolute Gasteiger partial charge is 0.388 e. The van der Waals surface area contributed by atoms with Crippen molar-refractivity contribution in [2.75, 3.05) is 12.4 Å². The number of benzene rings is 2. The molecule has 0 aliphatic rings. The van der Waals surface area contributed by atoms with Crippen molar-refractivity contribution in [3.63, 3.8) is 0 Å². The highest BCUT2D eigenvalue weighted by Crippen LogP contribution is 2.32. The van der Waals surface area contributed by atoms with E-state index in [0.29, 0.717) is 0 Å². The van der Waals surface area contributed by atoms with Crippen molar-refractivity contribution < 1.29 is 0 Å². The number of hydrogen-bond donors (Lipinski definition) is 1. The molecule has 26 heavy (non-hydrogen) atoms. The average Bonchev–Trinajstić information content (AvgIpc) is 2.70. The van der Waals surface area contributed by atoms with Crippen molar-refractivity contribution in [2.24, 2.45) is 4.99 Å². The summed E-state index contributed by atoms with van der Waals surface area (Å²) in [5.41, 5.74) is 6.32. The molecule has 4 nitrogen and oxygen atoms in total. The molecule has 0 aliphatic heterocycles. The second-order valence-corrected chi connectivity index (χ2v) is 5.81. The van der Waals surface area contributed by atoms with Crippen LogP contribution in [0.2, 0.25) is 0 Å². The number of aliphatic imine (C=N–C) groups is 1. The molecule has 0 spiro atoms. The monoisotopic (exact) mass is 342 g/mol. The van der Waals surface area contributed by atoms with Crippen LogP contribution >= 0.6 is 0 Å². The highest BCUT2D eigenvalue weighted by atomic mass is 14.8. The van der Waals surface area contributed by atoms with E-state index in [1.807, 2.05) is 51.5 Å². The minimum Gasteiger partial charge on any atom is -0.388 e. The van der Waals surface area contributed by atoms with Crippen molar-refractivity contribution in [3.05, 3.63) is 72.8 Å². The standard InChI is InChI=1S/C22H22N4/c1-4-7-17(13-24-5-2)18-10-19-14-25-15-26-22(19)21(12-18)16-8-6-9-20(11-16)23-3/h4-15,23H,1-3H3/b7-4-,17-13+,24-5?. The molecular weight excluding hydrogens is 320 g/mol. The molecule has 1 aromatic heterocycles. The highest BCUT2D eigenvalue weighted by molar-refractivity contribution is 5.97. The summed E-state index contributed by atoms with van der Waals surface area (Å²) in [7, 11) is 1.92. The van der Waals surface area contributed by atoms with Gasteiger partial charge in [0.15, 0.2) is 0 Å². The third kappa shape index (κ3) is 3.70. The summed E-state index contributed by atoms with van der Waals surface area (Å²) < 4.78 is 0. The fourth-order valence-electron chi connectivity index (χ4n) is 2.88. The molecule has 3 aromatic rings. The lowest BCUT2D eigenvalue weighted by molar-refractivity contribution is 1.22. The van der Waals surface area contributed by atoms with E-state index >= 15 is 0 Å². The Balaban J connectivity index is 2.27. The predicted molar refractivity (Wildman–Crippen MR) is 111 cm³/mol. The first-order chi connectivity index (χ1) is 12.8. The summed E-state index contributed by atoms with van der Waals surface area (Å²) in [6, 6.07) is 12.6. The summed E-state index contributed by atoms with van der Waals surface area (Å²) in [4.78, 5) is 13.0. The Labute approximate surface area is 154 Å². The molecule has 0 amide bonds. The zero-order chi connectivity index (χ0) is 18.4. The molecule has 3 rings (SSSR count). The normalized spacial score (nSPS) is 12.3. The summed E-state index contributed by atoms with van der Waals surface area (Å²) in [5.74, 6) is 0. The third-order valence-electron chi connectivity index (χ3n) is 4.11. The molecule has 0 atom stereocenters. The van der Waals surface area contributed by atoms with Gasteiger partial charge in [-0.25, -0.2) is 9.97 Å². The van der Waals surface area contributed by atoms with Crippen molar-refractivity contribution in [1.29, 1.82) is 0 Å². The average molecular weight is 342 g/mol. The second kappa shape index (κ2) is 8.21. The van der Waals surface area contributed by atoms with E-state index in [1.165, 1.54) is 0 Å². The van der Waals surface area contributed by atoms with Gasteiger partial charge in [0, 0.05) is 42.3 Å². The maximum Gasteiger partial charge on any atom is 0.116 e. The molecule has 1 heterocycles. The minimum atomic E-state index is 0.941. The third-order valence-corrected chi connectivity index (χ3v) is 4.11. The van der Waals surface area contributed by atoms with Crippen LogP contribution in [0.1, 0.15) is 19.4 Å². The van der Waals surface area contributed by atoms with Crippen LogP contribution in [0.4, 0.5) is 5.69 Å². The quantitative estimate of drug-likeness (QED) is 0.502. The summed E-state index contributed by atoms with van der Waals surface area (Å²) in [6.45, 7) is 3.91. The van der Waals surface area contributed by atoms with Crippen LogP contribution in [0.25, 0.3) is 27.6 Å². The number of nitrogens with zero attached hydrogens (tertiary/aromatic N) is 3. The zero-order valence-corrected chi connectivity index (χ0v) is 15.3. The molecule has 4 heteroatoms. The number of rotatable bonds is 5. The van der Waals surface area contributed by atoms with E-state index < -0.39 is 0 Å². The number of fused-ring (bicyclic) bond motifs is 1. The second-order valence-electron chi connectivity index (χ2n) is 5.81. The van der Waals surface area contributed by atoms with E-state index in [-0.39, 0.29) is 0 Å². The molecule has 130 valence electrons. The van der Waals surface area contributed by atoms with E-state index in [0.717, 1.165) is 38.9 Å². The molecule has 0 saturated carbocycles. The molecule has 2 aromatic carbocycles. The molecule has 0 bridgehead atoms. The smallest absolute Gasteiger partial charge is 0.116 e. The van der Waals surface area contributed by atoms with Gasteiger partial charge >= 0.3 is 0 Å². The fraction of sp³-hybridized carbons (Fsp3) is 0.136. The van der Waals surface area contributed by atoms with Gasteiger partial charge < -0.3 is 5.32 Å². The SMILES string of the molecule is CC=N/C=C(\C=C/C)c1cc(-c2cccc(NC)c2)c2ncncc2c1. The van der Waals surface area contributed by atoms with Crippen LogP contribution in [-0.4, -0.2) is 23.2 Å². The Morgan fingerprint density at radius 3 is 2.81 bits per heavy atom. The first-order valence-corrected chi connectivity index (χ1v) is 8.59. The summed E-state index contributed by atoms with van der Waals surface area (Å²) >= 11 is 0. The Morgan fingerprint density at radius 1 is 1.15 bits per heavy atom. The number of allylic oxidation sites excluding steroid dienone is 3. The first-order valence-electron chi connectivity index (χ1n) is 8.59. The molecule has 0 saturated heterocycles. The van der Waals surface area contributed by atoms with Crippen molar-refractivity contribution in [2.45, 2.75) is 13.8 Å². The lowest BCUT2D eigenvalue weighted by Gasteiger charge is -2.11. The molecular formula is C22H22N4. The van der Waals surface area contributed by atoms with Gasteiger partial charge in [0.25, 0.3) is 0 Å². The lowest BCUT2D eigenvalue weighted by Crippen LogP contribution is -1.92. The zero-order valence-electron chi connectivity index (χ0n) is 15.3. The van der Waals surface area contributed by atoms with Gasteiger partial charge in [-0.2, -0.15) is 0 Å². The number of anilines is 1. The fourth-order valence-corrected chi connectivity index (χ4v) is 2.88. The lowest BCUT2D eigenvalue weighted by atomic mass is 9.96. The van der Waals surface area contributed by atoms with Crippen LogP contribution in [-0.2, 0) is 0 Å². The molecule has 0 fully saturated rings. The molecule has 0 aliphatic carbocycles. The Kier molecular flexibility index (Phi) is 5.54. The van der Waals surface area contributed by atoms with E-state index in [2.05, 4.69) is 50.6 Å². The highest BCUT2D eigenvalue weighted by Gasteiger charge is 2.10. The van der Waals surface area contributed by atoms with Crippen molar-refractivity contribution in [3.8, 4) is 11.1 Å². The van der Waals surface area contributed by atoms with Crippen molar-refractivity contribution in [1.82, 2.24) is 9.97 Å². The number of nitrogens with one attached hydrogen (secondary N) is 1. The first kappa shape index (κ1) is 17.5.